The summed E-state index contributed by atoms with van der Waals surface area (Å²) in [7, 11) is 0. The molecule has 1 aliphatic rings. The zero-order valence-corrected chi connectivity index (χ0v) is 19.7. The summed E-state index contributed by atoms with van der Waals surface area (Å²) in [5.74, 6) is 0.00199. The van der Waals surface area contributed by atoms with Gasteiger partial charge < -0.3 is 4.74 Å². The Morgan fingerprint density at radius 2 is 1.79 bits per heavy atom. The van der Waals surface area contributed by atoms with Crippen LogP contribution in [0.15, 0.2) is 71.2 Å². The minimum atomic E-state index is -0.515. The maximum atomic E-state index is 13.1. The molecule has 5 nitrogen and oxygen atoms in total. The first-order valence-corrected chi connectivity index (χ1v) is 11.8. The Balaban J connectivity index is 1.39. The highest BCUT2D eigenvalue weighted by atomic mass is 79.9. The van der Waals surface area contributed by atoms with Gasteiger partial charge in [0.05, 0.1) is 27.9 Å². The van der Waals surface area contributed by atoms with Gasteiger partial charge in [0.15, 0.2) is 0 Å². The van der Waals surface area contributed by atoms with Gasteiger partial charge in [-0.2, -0.15) is 5.26 Å². The van der Waals surface area contributed by atoms with Gasteiger partial charge in [-0.15, -0.1) is 0 Å². The van der Waals surface area contributed by atoms with E-state index in [-0.39, 0.29) is 30.1 Å². The predicted octanol–water partition coefficient (Wildman–Crippen LogP) is 5.85. The van der Waals surface area contributed by atoms with Gasteiger partial charge >= 0.3 is 0 Å². The minimum Gasteiger partial charge on any atom is -0.488 e. The maximum Gasteiger partial charge on any atom is 0.289 e. The maximum absolute atomic E-state index is 13.1. The van der Waals surface area contributed by atoms with E-state index in [1.165, 1.54) is 17.0 Å². The molecule has 0 bridgehead atoms. The second-order valence-corrected chi connectivity index (χ2v) is 9.46. The molecule has 0 spiro atoms. The summed E-state index contributed by atoms with van der Waals surface area (Å²) in [4.78, 5) is 26.4. The fourth-order valence-corrected chi connectivity index (χ4v) is 5.03. The second-order valence-electron chi connectivity index (χ2n) is 7.45. The lowest BCUT2D eigenvalue weighted by molar-refractivity contribution is -0.127. The quantitative estimate of drug-likeness (QED) is 0.388. The molecule has 1 heterocycles. The highest BCUT2D eigenvalue weighted by molar-refractivity contribution is 9.10. The molecule has 1 saturated heterocycles. The predicted molar refractivity (Wildman–Crippen MR) is 127 cm³/mol. The van der Waals surface area contributed by atoms with Crippen molar-refractivity contribution in [1.82, 2.24) is 4.90 Å². The molecule has 1 atom stereocenters. The summed E-state index contributed by atoms with van der Waals surface area (Å²) < 4.78 is 19.7. The van der Waals surface area contributed by atoms with Crippen LogP contribution in [-0.2, 0) is 24.4 Å². The van der Waals surface area contributed by atoms with E-state index in [9.17, 15) is 19.2 Å². The molecule has 33 heavy (non-hydrogen) atoms. The van der Waals surface area contributed by atoms with Gasteiger partial charge in [-0.1, -0.05) is 48.2 Å². The number of benzene rings is 3. The molecule has 3 aromatic carbocycles. The number of nitriles is 1. The van der Waals surface area contributed by atoms with E-state index < -0.39 is 5.25 Å². The van der Waals surface area contributed by atoms with Crippen molar-refractivity contribution in [3.8, 4) is 11.8 Å². The average Bonchev–Trinajstić information content (AvgIpc) is 3.07. The molecular weight excluding hydrogens is 507 g/mol. The van der Waals surface area contributed by atoms with E-state index in [1.54, 1.807) is 30.3 Å². The second kappa shape index (κ2) is 10.2. The number of carbonyl (C=O) groups is 2. The molecule has 3 aromatic rings. The lowest BCUT2D eigenvalue weighted by Crippen LogP contribution is -2.31. The Hall–Kier alpha value is -3.15. The summed E-state index contributed by atoms with van der Waals surface area (Å²) in [5, 5.41) is 8.39. The lowest BCUT2D eigenvalue weighted by atomic mass is 10.1. The van der Waals surface area contributed by atoms with Crippen LogP contribution in [0.3, 0.4) is 0 Å². The number of amides is 2. The molecular formula is C25H18BrFN2O3S. The minimum absolute atomic E-state index is 0.127. The summed E-state index contributed by atoms with van der Waals surface area (Å²) in [6.45, 7) is 0.383. The SMILES string of the molecule is N#Cc1ccccc1COc1ccc(C[C@H]2SC(=O)N(Cc3ccc(F)cc3)C2=O)cc1Br. The van der Waals surface area contributed by atoms with Crippen LogP contribution in [-0.4, -0.2) is 21.3 Å². The van der Waals surface area contributed by atoms with Crippen LogP contribution in [0.2, 0.25) is 0 Å². The third kappa shape index (κ3) is 5.44. The lowest BCUT2D eigenvalue weighted by Gasteiger charge is -2.14. The highest BCUT2D eigenvalue weighted by Gasteiger charge is 2.39. The van der Waals surface area contributed by atoms with E-state index in [1.807, 2.05) is 24.3 Å². The Labute approximate surface area is 203 Å². The first-order valence-electron chi connectivity index (χ1n) is 10.1. The van der Waals surface area contributed by atoms with Crippen LogP contribution in [0.5, 0.6) is 5.75 Å². The van der Waals surface area contributed by atoms with Crippen LogP contribution in [0.4, 0.5) is 9.18 Å². The Kier molecular flexibility index (Phi) is 7.11. The normalized spacial score (nSPS) is 15.5. The fourth-order valence-electron chi connectivity index (χ4n) is 3.46. The summed E-state index contributed by atoms with van der Waals surface area (Å²) in [5.41, 5.74) is 2.94. The molecule has 1 aliphatic heterocycles. The van der Waals surface area contributed by atoms with Gasteiger partial charge in [0.25, 0.3) is 5.24 Å². The zero-order valence-electron chi connectivity index (χ0n) is 17.3. The van der Waals surface area contributed by atoms with Crippen molar-refractivity contribution in [3.05, 3.63) is 99.3 Å². The fraction of sp³-hybridized carbons (Fsp3) is 0.160. The largest absolute Gasteiger partial charge is 0.488 e. The number of nitrogens with zero attached hydrogens (tertiary/aromatic N) is 2. The Bertz CT molecular complexity index is 1240. The molecule has 0 aromatic heterocycles. The number of hydrogen-bond acceptors (Lipinski definition) is 5. The van der Waals surface area contributed by atoms with E-state index in [0.29, 0.717) is 23.3 Å². The van der Waals surface area contributed by atoms with E-state index in [2.05, 4.69) is 22.0 Å². The first kappa shape index (κ1) is 23.0. The molecule has 0 unspecified atom stereocenters. The van der Waals surface area contributed by atoms with Gasteiger partial charge in [-0.25, -0.2) is 4.39 Å². The van der Waals surface area contributed by atoms with Crippen molar-refractivity contribution in [2.45, 2.75) is 24.8 Å². The number of ether oxygens (including phenoxy) is 1. The molecule has 0 aliphatic carbocycles. The standard InChI is InChI=1S/C25H18BrFN2O3S/c26-21-11-17(7-10-22(21)32-15-19-4-2-1-3-18(19)13-28)12-23-24(30)29(25(31)33-23)14-16-5-8-20(27)9-6-16/h1-11,23H,12,14-15H2/t23-/m1/s1. The van der Waals surface area contributed by atoms with Crippen LogP contribution >= 0.6 is 27.7 Å². The average molecular weight is 525 g/mol. The van der Waals surface area contributed by atoms with Crippen LogP contribution < -0.4 is 4.74 Å². The summed E-state index contributed by atoms with van der Waals surface area (Å²) >= 11 is 4.51. The number of imide groups is 1. The van der Waals surface area contributed by atoms with Gasteiger partial charge in [0, 0.05) is 5.56 Å². The van der Waals surface area contributed by atoms with E-state index in [0.717, 1.165) is 27.4 Å². The highest BCUT2D eigenvalue weighted by Crippen LogP contribution is 2.33. The summed E-state index contributed by atoms with van der Waals surface area (Å²) in [6, 6.07) is 20.7. The number of hydrogen-bond donors (Lipinski definition) is 0. The monoisotopic (exact) mass is 524 g/mol. The first-order chi connectivity index (χ1) is 15.9. The van der Waals surface area contributed by atoms with E-state index >= 15 is 0 Å². The molecule has 0 N–H and O–H groups in total. The van der Waals surface area contributed by atoms with Crippen molar-refractivity contribution >= 4 is 38.8 Å². The van der Waals surface area contributed by atoms with Crippen molar-refractivity contribution in [2.24, 2.45) is 0 Å². The summed E-state index contributed by atoms with van der Waals surface area (Å²) in [6.07, 6.45) is 0.394. The molecule has 1 fully saturated rings. The third-order valence-corrected chi connectivity index (χ3v) is 6.89. The number of rotatable bonds is 7. The van der Waals surface area contributed by atoms with Gasteiger partial charge in [0.2, 0.25) is 5.91 Å². The molecule has 0 saturated carbocycles. The number of halogens is 2. The van der Waals surface area contributed by atoms with Gasteiger partial charge in [0.1, 0.15) is 18.2 Å². The molecule has 166 valence electrons. The number of carbonyl (C=O) groups excluding carboxylic acids is 2. The third-order valence-electron chi connectivity index (χ3n) is 5.20. The van der Waals surface area contributed by atoms with Crippen LogP contribution in [0.25, 0.3) is 0 Å². The van der Waals surface area contributed by atoms with Crippen molar-refractivity contribution in [3.63, 3.8) is 0 Å². The van der Waals surface area contributed by atoms with Crippen molar-refractivity contribution in [1.29, 1.82) is 5.26 Å². The molecule has 2 amide bonds. The van der Waals surface area contributed by atoms with Gasteiger partial charge in [-0.3, -0.25) is 14.5 Å². The van der Waals surface area contributed by atoms with E-state index in [4.69, 9.17) is 4.74 Å². The van der Waals surface area contributed by atoms with Crippen LogP contribution in [0, 0.1) is 17.1 Å². The molecule has 4 rings (SSSR count). The molecule has 8 heteroatoms. The number of thioether (sulfide) groups is 1. The van der Waals surface area contributed by atoms with Crippen molar-refractivity contribution in [2.75, 3.05) is 0 Å². The van der Waals surface area contributed by atoms with Crippen molar-refractivity contribution < 1.29 is 18.7 Å². The molecule has 0 radical (unpaired) electrons. The van der Waals surface area contributed by atoms with Gasteiger partial charge in [-0.05, 0) is 63.8 Å². The Morgan fingerprint density at radius 3 is 2.52 bits per heavy atom. The van der Waals surface area contributed by atoms with Crippen LogP contribution in [0.1, 0.15) is 22.3 Å². The topological polar surface area (TPSA) is 70.4 Å². The Morgan fingerprint density at radius 1 is 1.06 bits per heavy atom. The zero-order chi connectivity index (χ0) is 23.4. The smallest absolute Gasteiger partial charge is 0.289 e.